The van der Waals surface area contributed by atoms with E-state index in [-0.39, 0.29) is 23.5 Å². The Morgan fingerprint density at radius 3 is 1.91 bits per heavy atom. The Morgan fingerprint density at radius 1 is 0.829 bits per heavy atom. The zero-order chi connectivity index (χ0) is 26.0. The van der Waals surface area contributed by atoms with E-state index in [4.69, 9.17) is 4.55 Å². The molecule has 1 atom stereocenters. The highest BCUT2D eigenvalue weighted by atomic mass is 32.2. The first kappa shape index (κ1) is 26.2. The predicted molar refractivity (Wildman–Crippen MR) is 128 cm³/mol. The molecule has 0 amide bonds. The van der Waals surface area contributed by atoms with Crippen molar-refractivity contribution in [2.24, 2.45) is 0 Å². The molecule has 1 unspecified atom stereocenters. The number of rotatable bonds is 9. The van der Waals surface area contributed by atoms with Crippen molar-refractivity contribution in [2.45, 2.75) is 9.79 Å². The monoisotopic (exact) mass is 545 g/mol. The van der Waals surface area contributed by atoms with Gasteiger partial charge >= 0.3 is 0 Å². The molecule has 18 heteroatoms. The van der Waals surface area contributed by atoms with Crippen LogP contribution in [0.1, 0.15) is 0 Å². The van der Waals surface area contributed by atoms with Crippen molar-refractivity contribution in [3.05, 3.63) is 42.5 Å². The van der Waals surface area contributed by atoms with E-state index in [1.165, 1.54) is 11.0 Å². The lowest BCUT2D eigenvalue weighted by Crippen LogP contribution is -2.16. The minimum Gasteiger partial charge on any atom is -0.347 e. The first-order valence-electron chi connectivity index (χ1n) is 9.27. The molecule has 3 aromatic rings. The average molecular weight is 546 g/mol. The largest absolute Gasteiger partial charge is 0.347 e. The van der Waals surface area contributed by atoms with Crippen LogP contribution < -0.4 is 20.3 Å². The maximum Gasteiger partial charge on any atom is 0.296 e. The van der Waals surface area contributed by atoms with Crippen molar-refractivity contribution < 1.29 is 34.7 Å². The number of para-hydroxylation sites is 2. The molecule has 0 saturated heterocycles. The Balaban J connectivity index is 2.09. The fourth-order valence-corrected chi connectivity index (χ4v) is 4.19. The minimum atomic E-state index is -4.82. The third kappa shape index (κ3) is 6.81. The van der Waals surface area contributed by atoms with Crippen LogP contribution in [0.15, 0.2) is 52.3 Å². The third-order valence-electron chi connectivity index (χ3n) is 4.17. The summed E-state index contributed by atoms with van der Waals surface area (Å²) in [6.45, 7) is 0. The van der Waals surface area contributed by atoms with Gasteiger partial charge in [0.25, 0.3) is 31.5 Å². The van der Waals surface area contributed by atoms with Gasteiger partial charge in [0.2, 0.25) is 17.8 Å². The standard InChI is InChI=1S/C17H19N7O8S3/c1-24(2)17-21-15(18-11-5-3-4-6-12(11)23-33(25)26)20-16(22-17)19-13-9-10(34(27,28)29)7-8-14(13)35(30,31)32/h3-9,23H,1-2H3,(H,25,26)(H,27,28,29)(H,30,31,32)(H2,18,19,20,21,22). The lowest BCUT2D eigenvalue weighted by atomic mass is 10.3. The quantitative estimate of drug-likeness (QED) is 0.165. The summed E-state index contributed by atoms with van der Waals surface area (Å²) in [4.78, 5) is 12.6. The van der Waals surface area contributed by atoms with Crippen molar-refractivity contribution in [1.82, 2.24) is 15.0 Å². The Bertz CT molecular complexity index is 1500. The van der Waals surface area contributed by atoms with E-state index in [1.807, 2.05) is 0 Å². The van der Waals surface area contributed by atoms with Gasteiger partial charge in [0.05, 0.1) is 22.0 Å². The molecule has 1 heterocycles. The molecule has 0 aliphatic heterocycles. The second-order valence-corrected chi connectivity index (χ2v) is 10.4. The van der Waals surface area contributed by atoms with Crippen LogP contribution in [0.2, 0.25) is 0 Å². The van der Waals surface area contributed by atoms with Crippen LogP contribution in [0.3, 0.4) is 0 Å². The third-order valence-corrected chi connectivity index (χ3v) is 6.32. The van der Waals surface area contributed by atoms with Gasteiger partial charge in [-0.05, 0) is 30.3 Å². The average Bonchev–Trinajstić information content (AvgIpc) is 2.73. The normalized spacial score (nSPS) is 12.6. The van der Waals surface area contributed by atoms with Gasteiger partial charge in [-0.3, -0.25) is 18.4 Å². The number of nitrogens with one attached hydrogen (secondary N) is 3. The van der Waals surface area contributed by atoms with Crippen molar-refractivity contribution >= 4 is 66.4 Å². The highest BCUT2D eigenvalue weighted by Crippen LogP contribution is 2.29. The fourth-order valence-electron chi connectivity index (χ4n) is 2.68. The van der Waals surface area contributed by atoms with E-state index in [0.717, 1.165) is 18.2 Å². The molecule has 2 aromatic carbocycles. The van der Waals surface area contributed by atoms with Gasteiger partial charge in [0.1, 0.15) is 4.90 Å². The summed E-state index contributed by atoms with van der Waals surface area (Å²) in [6, 6.07) is 8.69. The van der Waals surface area contributed by atoms with Crippen LogP contribution in [0, 0.1) is 0 Å². The van der Waals surface area contributed by atoms with Crippen molar-refractivity contribution in [1.29, 1.82) is 0 Å². The van der Waals surface area contributed by atoms with Crippen LogP contribution in [-0.2, 0) is 31.5 Å². The lowest BCUT2D eigenvalue weighted by molar-refractivity contribution is 0.479. The van der Waals surface area contributed by atoms with E-state index in [2.05, 4.69) is 30.3 Å². The molecule has 15 nitrogen and oxygen atoms in total. The summed E-state index contributed by atoms with van der Waals surface area (Å²) in [7, 11) is -6.31. The van der Waals surface area contributed by atoms with Crippen LogP contribution in [0.4, 0.5) is 34.9 Å². The number of hydrogen-bond donors (Lipinski definition) is 6. The zero-order valence-corrected chi connectivity index (χ0v) is 20.4. The molecule has 0 aliphatic carbocycles. The van der Waals surface area contributed by atoms with Gasteiger partial charge < -0.3 is 15.5 Å². The summed E-state index contributed by atoms with van der Waals surface area (Å²) in [5, 5.41) is 5.35. The molecule has 0 saturated carbocycles. The van der Waals surface area contributed by atoms with Crippen molar-refractivity contribution in [3.63, 3.8) is 0 Å². The molecule has 0 fully saturated rings. The Morgan fingerprint density at radius 2 is 1.40 bits per heavy atom. The first-order valence-corrected chi connectivity index (χ1v) is 13.3. The van der Waals surface area contributed by atoms with Gasteiger partial charge in [-0.1, -0.05) is 12.1 Å². The summed E-state index contributed by atoms with van der Waals surface area (Å²) < 4.78 is 88.1. The van der Waals surface area contributed by atoms with Crippen molar-refractivity contribution in [2.75, 3.05) is 34.4 Å². The Hall–Kier alpha value is -3.42. The number of aromatic nitrogens is 3. The van der Waals surface area contributed by atoms with E-state index >= 15 is 0 Å². The van der Waals surface area contributed by atoms with Gasteiger partial charge in [-0.2, -0.15) is 31.8 Å². The molecule has 1 aromatic heterocycles. The van der Waals surface area contributed by atoms with Gasteiger partial charge in [-0.25, -0.2) is 4.21 Å². The second kappa shape index (κ2) is 10.1. The van der Waals surface area contributed by atoms with Crippen molar-refractivity contribution in [3.8, 4) is 0 Å². The van der Waals surface area contributed by atoms with Crippen LogP contribution in [0.25, 0.3) is 0 Å². The van der Waals surface area contributed by atoms with Gasteiger partial charge in [0.15, 0.2) is 0 Å². The molecule has 3 rings (SSSR count). The molecular weight excluding hydrogens is 526 g/mol. The van der Waals surface area contributed by atoms with Crippen LogP contribution in [-0.4, -0.2) is 63.8 Å². The van der Waals surface area contributed by atoms with Gasteiger partial charge in [-0.15, -0.1) is 0 Å². The summed E-state index contributed by atoms with van der Waals surface area (Å²) in [5.74, 6) is -0.260. The number of hydrogen-bond acceptors (Lipinski definition) is 11. The summed E-state index contributed by atoms with van der Waals surface area (Å²) >= 11 is -2.36. The minimum absolute atomic E-state index is 0.0801. The highest BCUT2D eigenvalue weighted by Gasteiger charge is 2.21. The SMILES string of the molecule is CN(C)c1nc(Nc2ccccc2NS(=O)O)nc(Nc2cc(S(=O)(=O)O)ccc2S(=O)(=O)O)n1. The van der Waals surface area contributed by atoms with E-state index in [0.29, 0.717) is 5.69 Å². The van der Waals surface area contributed by atoms with E-state index in [9.17, 15) is 30.1 Å². The molecule has 188 valence electrons. The Kier molecular flexibility index (Phi) is 7.53. The van der Waals surface area contributed by atoms with E-state index in [1.54, 1.807) is 32.3 Å². The lowest BCUT2D eigenvalue weighted by Gasteiger charge is -2.16. The number of anilines is 6. The van der Waals surface area contributed by atoms with Gasteiger partial charge in [0, 0.05) is 14.1 Å². The number of benzene rings is 2. The van der Waals surface area contributed by atoms with Crippen LogP contribution in [0.5, 0.6) is 0 Å². The predicted octanol–water partition coefficient (Wildman–Crippen LogP) is 1.47. The molecule has 0 radical (unpaired) electrons. The second-order valence-electron chi connectivity index (χ2n) is 6.93. The molecule has 6 N–H and O–H groups in total. The topological polar surface area (TPSA) is 224 Å². The fraction of sp³-hybridized carbons (Fsp3) is 0.118. The highest BCUT2D eigenvalue weighted by molar-refractivity contribution is 7.86. The molecule has 0 spiro atoms. The summed E-state index contributed by atoms with van der Waals surface area (Å²) in [6.07, 6.45) is 0. The zero-order valence-electron chi connectivity index (χ0n) is 17.9. The van der Waals surface area contributed by atoms with E-state index < -0.39 is 47.0 Å². The first-order chi connectivity index (χ1) is 16.2. The summed E-state index contributed by atoms with van der Waals surface area (Å²) in [5.41, 5.74) is 0.107. The van der Waals surface area contributed by atoms with Crippen LogP contribution >= 0.6 is 0 Å². The maximum absolute atomic E-state index is 11.8. The molecular formula is C17H19N7O8S3. The number of nitrogens with zero attached hydrogens (tertiary/aromatic N) is 4. The maximum atomic E-state index is 11.8. The molecule has 0 bridgehead atoms. The molecule has 35 heavy (non-hydrogen) atoms. The smallest absolute Gasteiger partial charge is 0.296 e. The molecule has 0 aliphatic rings. The Labute approximate surface area is 202 Å².